The number of nitrogens with zero attached hydrogens (tertiary/aromatic N) is 2. The van der Waals surface area contributed by atoms with Gasteiger partial charge in [-0.25, -0.2) is 9.13 Å². The molecule has 1 aromatic heterocycles. The molecule has 0 radical (unpaired) electrons. The van der Waals surface area contributed by atoms with E-state index in [9.17, 15) is 0 Å². The Morgan fingerprint density at radius 2 is 0.861 bits per heavy atom. The van der Waals surface area contributed by atoms with Crippen LogP contribution in [-0.4, -0.2) is 4.57 Å². The van der Waals surface area contributed by atoms with E-state index in [2.05, 4.69) is 42.3 Å². The first kappa shape index (κ1) is 33.2. The Kier molecular flexibility index (Phi) is 23.9. The molecular formula is C34H67N2+. The summed E-state index contributed by atoms with van der Waals surface area (Å²) in [5.41, 5.74) is 0. The number of hydrogen-bond donors (Lipinski definition) is 0. The quantitative estimate of drug-likeness (QED) is 0.0794. The second-order valence-electron chi connectivity index (χ2n) is 11.6. The van der Waals surface area contributed by atoms with Crippen LogP contribution in [0.4, 0.5) is 0 Å². The van der Waals surface area contributed by atoms with Crippen LogP contribution in [0.5, 0.6) is 0 Å². The van der Waals surface area contributed by atoms with Crippen molar-refractivity contribution in [2.24, 2.45) is 0 Å². The van der Waals surface area contributed by atoms with E-state index >= 15 is 0 Å². The van der Waals surface area contributed by atoms with E-state index in [1.54, 1.807) is 5.82 Å². The molecule has 0 bridgehead atoms. The van der Waals surface area contributed by atoms with Crippen LogP contribution in [0.25, 0.3) is 0 Å². The summed E-state index contributed by atoms with van der Waals surface area (Å²) in [6.45, 7) is 9.38. The fourth-order valence-corrected chi connectivity index (χ4v) is 5.60. The Morgan fingerprint density at radius 1 is 0.472 bits per heavy atom. The van der Waals surface area contributed by atoms with Crippen LogP contribution in [-0.2, 0) is 19.5 Å². The molecule has 0 spiro atoms. The number of unbranched alkanes of at least 4 members (excludes halogenated alkanes) is 22. The van der Waals surface area contributed by atoms with Gasteiger partial charge in [0.1, 0.15) is 12.4 Å². The third-order valence-corrected chi connectivity index (χ3v) is 8.10. The smallest absolute Gasteiger partial charge is 0.234 e. The van der Waals surface area contributed by atoms with E-state index in [1.165, 1.54) is 180 Å². The molecule has 2 nitrogen and oxygen atoms in total. The molecule has 1 rings (SSSR count). The van der Waals surface area contributed by atoms with Gasteiger partial charge in [-0.1, -0.05) is 149 Å². The Bertz CT molecular complexity index is 562. The lowest BCUT2D eigenvalue weighted by molar-refractivity contribution is -0.704. The number of hydrogen-bond acceptors (Lipinski definition) is 0. The zero-order valence-electron chi connectivity index (χ0n) is 25.3. The fraction of sp³-hybridized carbons (Fsp3) is 0.912. The summed E-state index contributed by atoms with van der Waals surface area (Å²) in [6.07, 6.45) is 41.5. The topological polar surface area (TPSA) is 8.81 Å². The Hall–Kier alpha value is -0.790. The molecular weight excluding hydrogens is 436 g/mol. The second kappa shape index (κ2) is 25.8. The van der Waals surface area contributed by atoms with Gasteiger partial charge in [0, 0.05) is 6.42 Å². The van der Waals surface area contributed by atoms with Crippen molar-refractivity contribution in [2.75, 3.05) is 0 Å². The molecule has 0 saturated carbocycles. The van der Waals surface area contributed by atoms with E-state index in [1.807, 2.05) is 0 Å². The molecule has 0 saturated heterocycles. The van der Waals surface area contributed by atoms with Crippen molar-refractivity contribution in [3.8, 4) is 0 Å². The molecule has 1 aromatic rings. The first-order chi connectivity index (χ1) is 17.8. The molecule has 0 aromatic carbocycles. The van der Waals surface area contributed by atoms with Crippen molar-refractivity contribution < 1.29 is 4.57 Å². The van der Waals surface area contributed by atoms with Crippen LogP contribution in [0.3, 0.4) is 0 Å². The van der Waals surface area contributed by atoms with Gasteiger partial charge in [0.25, 0.3) is 5.82 Å². The third kappa shape index (κ3) is 18.5. The summed E-state index contributed by atoms with van der Waals surface area (Å²) in [6, 6.07) is 0. The zero-order chi connectivity index (χ0) is 25.9. The average molecular weight is 504 g/mol. The Morgan fingerprint density at radius 3 is 1.31 bits per heavy atom. The highest BCUT2D eigenvalue weighted by molar-refractivity contribution is 4.84. The Balaban J connectivity index is 2.11. The van der Waals surface area contributed by atoms with E-state index in [-0.39, 0.29) is 0 Å². The van der Waals surface area contributed by atoms with Crippen molar-refractivity contribution in [1.29, 1.82) is 0 Å². The van der Waals surface area contributed by atoms with Gasteiger partial charge in [0.2, 0.25) is 0 Å². The molecule has 0 atom stereocenters. The van der Waals surface area contributed by atoms with Crippen LogP contribution in [0.1, 0.15) is 187 Å². The van der Waals surface area contributed by atoms with Crippen molar-refractivity contribution >= 4 is 0 Å². The predicted molar refractivity (Wildman–Crippen MR) is 161 cm³/mol. The third-order valence-electron chi connectivity index (χ3n) is 8.10. The lowest BCUT2D eigenvalue weighted by Gasteiger charge is -2.06. The summed E-state index contributed by atoms with van der Waals surface area (Å²) in [5.74, 6) is 1.59. The summed E-state index contributed by atoms with van der Waals surface area (Å²) in [7, 11) is 0. The Labute approximate surface area is 228 Å². The SMILES string of the molecule is CCCCCCCCCCCCCCCCn1cc[n+](CCCCCCCCCCC)c1CCCC. The van der Waals surface area contributed by atoms with Crippen LogP contribution in [0, 0.1) is 0 Å². The highest BCUT2D eigenvalue weighted by Crippen LogP contribution is 2.14. The van der Waals surface area contributed by atoms with Crippen molar-refractivity contribution in [3.05, 3.63) is 18.2 Å². The van der Waals surface area contributed by atoms with Gasteiger partial charge in [-0.2, -0.15) is 0 Å². The van der Waals surface area contributed by atoms with Crippen molar-refractivity contribution in [1.82, 2.24) is 4.57 Å². The number of rotatable bonds is 28. The van der Waals surface area contributed by atoms with Crippen LogP contribution in [0.2, 0.25) is 0 Å². The van der Waals surface area contributed by atoms with Gasteiger partial charge in [-0.05, 0) is 32.1 Å². The van der Waals surface area contributed by atoms with Crippen molar-refractivity contribution in [2.45, 2.75) is 201 Å². The van der Waals surface area contributed by atoms with Crippen LogP contribution >= 0.6 is 0 Å². The molecule has 0 amide bonds. The van der Waals surface area contributed by atoms with Gasteiger partial charge in [-0.15, -0.1) is 0 Å². The number of aromatic nitrogens is 2. The van der Waals surface area contributed by atoms with Gasteiger partial charge >= 0.3 is 0 Å². The molecule has 0 N–H and O–H groups in total. The second-order valence-corrected chi connectivity index (χ2v) is 11.6. The minimum Gasteiger partial charge on any atom is -0.234 e. The van der Waals surface area contributed by atoms with E-state index in [0.717, 1.165) is 0 Å². The maximum atomic E-state index is 2.59. The average Bonchev–Trinajstić information content (AvgIpc) is 3.27. The molecule has 0 aliphatic heterocycles. The normalized spacial score (nSPS) is 11.5. The molecule has 212 valence electrons. The van der Waals surface area contributed by atoms with E-state index in [4.69, 9.17) is 0 Å². The standard InChI is InChI=1S/C34H67N2/c1-4-7-10-12-14-16-17-18-19-20-22-24-26-28-31-36-33-32-35(34(36)29-9-6-3)30-27-25-23-21-15-13-11-8-5-2/h32-33H,4-31H2,1-3H3/q+1. The first-order valence-corrected chi connectivity index (χ1v) is 16.9. The fourth-order valence-electron chi connectivity index (χ4n) is 5.60. The summed E-state index contributed by atoms with van der Waals surface area (Å²) in [4.78, 5) is 0. The molecule has 0 unspecified atom stereocenters. The largest absolute Gasteiger partial charge is 0.256 e. The predicted octanol–water partition coefficient (Wildman–Crippen LogP) is 11.1. The molecule has 0 fully saturated rings. The van der Waals surface area contributed by atoms with Gasteiger partial charge < -0.3 is 0 Å². The number of imidazole rings is 1. The highest BCUT2D eigenvalue weighted by Gasteiger charge is 2.16. The van der Waals surface area contributed by atoms with Crippen LogP contribution in [0.15, 0.2) is 12.4 Å². The molecule has 36 heavy (non-hydrogen) atoms. The van der Waals surface area contributed by atoms with E-state index in [0.29, 0.717) is 0 Å². The molecule has 2 heteroatoms. The zero-order valence-corrected chi connectivity index (χ0v) is 25.3. The highest BCUT2D eigenvalue weighted by atomic mass is 15.1. The summed E-state index contributed by atoms with van der Waals surface area (Å²) in [5, 5.41) is 0. The van der Waals surface area contributed by atoms with Crippen molar-refractivity contribution in [3.63, 3.8) is 0 Å². The van der Waals surface area contributed by atoms with Gasteiger partial charge in [0.15, 0.2) is 0 Å². The maximum absolute atomic E-state index is 2.59. The van der Waals surface area contributed by atoms with E-state index < -0.39 is 0 Å². The van der Waals surface area contributed by atoms with Gasteiger partial charge in [0.05, 0.1) is 13.1 Å². The monoisotopic (exact) mass is 504 g/mol. The van der Waals surface area contributed by atoms with Gasteiger partial charge in [-0.3, -0.25) is 0 Å². The lowest BCUT2D eigenvalue weighted by Crippen LogP contribution is -2.37. The van der Waals surface area contributed by atoms with Crippen LogP contribution < -0.4 is 4.57 Å². The summed E-state index contributed by atoms with van der Waals surface area (Å²) < 4.78 is 5.17. The minimum atomic E-state index is 1.22. The molecule has 0 aliphatic carbocycles. The lowest BCUT2D eigenvalue weighted by atomic mass is 10.0. The summed E-state index contributed by atoms with van der Waals surface area (Å²) >= 11 is 0. The molecule has 0 aliphatic rings. The first-order valence-electron chi connectivity index (χ1n) is 16.9. The minimum absolute atomic E-state index is 1.22. The molecule has 1 heterocycles. The maximum Gasteiger partial charge on any atom is 0.256 e. The number of aryl methyl sites for hydroxylation is 2.